The zero-order valence-corrected chi connectivity index (χ0v) is 20.6. The lowest BCUT2D eigenvalue weighted by Gasteiger charge is -2.26. The molecule has 3 rings (SSSR count). The van der Waals surface area contributed by atoms with E-state index >= 15 is 0 Å². The molecule has 0 spiro atoms. The topological polar surface area (TPSA) is 102 Å². The normalized spacial score (nSPS) is 11.2. The number of thiophene rings is 1. The number of hydrogen-bond acceptors (Lipinski definition) is 9. The van der Waals surface area contributed by atoms with Gasteiger partial charge in [0, 0.05) is 21.4 Å². The minimum absolute atomic E-state index is 0.0217. The lowest BCUT2D eigenvalue weighted by atomic mass is 10.1. The summed E-state index contributed by atoms with van der Waals surface area (Å²) in [5.41, 5.74) is 1.91. The maximum absolute atomic E-state index is 11.5. The van der Waals surface area contributed by atoms with Gasteiger partial charge in [0.2, 0.25) is 6.41 Å². The van der Waals surface area contributed by atoms with Gasteiger partial charge in [-0.3, -0.25) is 15.0 Å². The number of nitrogens with one attached hydrogen (secondary N) is 1. The molecule has 0 aliphatic rings. The van der Waals surface area contributed by atoms with Crippen LogP contribution >= 0.6 is 22.7 Å². The molecule has 0 saturated heterocycles. The Bertz CT molecular complexity index is 1160. The highest BCUT2D eigenvalue weighted by molar-refractivity contribution is 7.16. The van der Waals surface area contributed by atoms with Crippen LogP contribution in [0.4, 0.5) is 0 Å². The molecule has 33 heavy (non-hydrogen) atoms. The van der Waals surface area contributed by atoms with E-state index < -0.39 is 11.6 Å². The van der Waals surface area contributed by atoms with Crippen molar-refractivity contribution in [1.29, 1.82) is 5.41 Å². The van der Waals surface area contributed by atoms with Gasteiger partial charge in [-0.1, -0.05) is 12.1 Å². The Balaban J connectivity index is 1.81. The minimum atomic E-state index is -0.609. The van der Waals surface area contributed by atoms with Gasteiger partial charge in [-0.05, 0) is 45.9 Å². The molecular formula is C23H25N3O5S2. The van der Waals surface area contributed by atoms with Crippen LogP contribution in [0.1, 0.15) is 30.5 Å². The van der Waals surface area contributed by atoms with E-state index in [4.69, 9.17) is 20.0 Å². The lowest BCUT2D eigenvalue weighted by molar-refractivity contribution is -0.183. The summed E-state index contributed by atoms with van der Waals surface area (Å²) in [6, 6.07) is 9.17. The number of ether oxygens (including phenoxy) is 2. The van der Waals surface area contributed by atoms with Crippen molar-refractivity contribution in [1.82, 2.24) is 10.0 Å². The number of aromatic nitrogens is 1. The molecule has 0 aliphatic carbocycles. The van der Waals surface area contributed by atoms with E-state index in [0.717, 1.165) is 31.8 Å². The van der Waals surface area contributed by atoms with Crippen molar-refractivity contribution in [3.63, 3.8) is 0 Å². The summed E-state index contributed by atoms with van der Waals surface area (Å²) in [5.74, 6) is 0.0703. The van der Waals surface area contributed by atoms with Crippen molar-refractivity contribution in [3.05, 3.63) is 45.5 Å². The van der Waals surface area contributed by atoms with E-state index in [1.807, 2.05) is 57.3 Å². The van der Waals surface area contributed by atoms with Gasteiger partial charge < -0.3 is 9.47 Å². The van der Waals surface area contributed by atoms with Crippen LogP contribution < -0.4 is 4.74 Å². The Labute approximate surface area is 200 Å². The Morgan fingerprint density at radius 2 is 2.03 bits per heavy atom. The molecule has 10 heteroatoms. The average molecular weight is 488 g/mol. The molecule has 3 aromatic rings. The fourth-order valence-electron chi connectivity index (χ4n) is 2.81. The molecule has 0 atom stereocenters. The number of amidine groups is 1. The molecule has 1 amide bonds. The van der Waals surface area contributed by atoms with Gasteiger partial charge in [0.05, 0.1) is 23.3 Å². The number of hydroxylamine groups is 2. The summed E-state index contributed by atoms with van der Waals surface area (Å²) in [7, 11) is 1.31. The van der Waals surface area contributed by atoms with Crippen LogP contribution in [-0.4, -0.2) is 47.6 Å². The van der Waals surface area contributed by atoms with Crippen molar-refractivity contribution in [3.8, 4) is 27.6 Å². The smallest absolute Gasteiger partial charge is 0.343 e. The predicted octanol–water partition coefficient (Wildman–Crippen LogP) is 4.91. The Hall–Kier alpha value is -3.08. The summed E-state index contributed by atoms with van der Waals surface area (Å²) < 4.78 is 10.1. The third kappa shape index (κ3) is 6.25. The molecule has 2 aromatic heterocycles. The number of methoxy groups -OCH3 is 1. The first-order valence-corrected chi connectivity index (χ1v) is 11.7. The van der Waals surface area contributed by atoms with Gasteiger partial charge in [-0.15, -0.1) is 22.7 Å². The lowest BCUT2D eigenvalue weighted by Crippen LogP contribution is -2.37. The number of rotatable bonds is 8. The zero-order chi connectivity index (χ0) is 24.2. The first kappa shape index (κ1) is 24.6. The number of hydrogen-bond donors (Lipinski definition) is 1. The SMILES string of the molecule is COC(=O)COc1cccc(-c2csc(-c3cc(C(=N)N(C=O)OC(C)(C)C)sc3C)n2)c1. The predicted molar refractivity (Wildman–Crippen MR) is 129 cm³/mol. The first-order chi connectivity index (χ1) is 15.6. The van der Waals surface area contributed by atoms with Crippen LogP contribution in [-0.2, 0) is 19.2 Å². The molecule has 0 radical (unpaired) electrons. The van der Waals surface area contributed by atoms with E-state index in [2.05, 4.69) is 4.74 Å². The fourth-order valence-corrected chi connectivity index (χ4v) is 4.74. The maximum atomic E-state index is 11.5. The Kier molecular flexibility index (Phi) is 7.62. The van der Waals surface area contributed by atoms with Gasteiger partial charge in [-0.2, -0.15) is 5.06 Å². The van der Waals surface area contributed by atoms with E-state index in [-0.39, 0.29) is 12.4 Å². The van der Waals surface area contributed by atoms with Gasteiger partial charge in [-0.25, -0.2) is 9.78 Å². The second kappa shape index (κ2) is 10.2. The number of aryl methyl sites for hydroxylation is 1. The van der Waals surface area contributed by atoms with Gasteiger partial charge in [0.25, 0.3) is 0 Å². The summed E-state index contributed by atoms with van der Waals surface area (Å²) in [6.45, 7) is 7.23. The summed E-state index contributed by atoms with van der Waals surface area (Å²) in [5, 5.41) is 12.1. The van der Waals surface area contributed by atoms with Crippen LogP contribution in [0.5, 0.6) is 5.75 Å². The molecule has 0 aliphatic heterocycles. The Morgan fingerprint density at radius 1 is 1.27 bits per heavy atom. The molecule has 2 heterocycles. The van der Waals surface area contributed by atoms with E-state index in [0.29, 0.717) is 17.0 Å². The van der Waals surface area contributed by atoms with Gasteiger partial charge in [0.1, 0.15) is 10.8 Å². The zero-order valence-electron chi connectivity index (χ0n) is 19.0. The van der Waals surface area contributed by atoms with Crippen molar-refractivity contribution < 1.29 is 23.9 Å². The van der Waals surface area contributed by atoms with Crippen molar-refractivity contribution in [2.24, 2.45) is 0 Å². The highest BCUT2D eigenvalue weighted by Gasteiger charge is 2.23. The van der Waals surface area contributed by atoms with Crippen molar-refractivity contribution in [2.45, 2.75) is 33.3 Å². The minimum Gasteiger partial charge on any atom is -0.482 e. The maximum Gasteiger partial charge on any atom is 0.343 e. The molecule has 0 unspecified atom stereocenters. The van der Waals surface area contributed by atoms with Gasteiger partial charge in [0.15, 0.2) is 12.4 Å². The highest BCUT2D eigenvalue weighted by Crippen LogP contribution is 2.36. The molecule has 8 nitrogen and oxygen atoms in total. The van der Waals surface area contributed by atoms with Crippen LogP contribution in [0.3, 0.4) is 0 Å². The number of amides is 1. The largest absolute Gasteiger partial charge is 0.482 e. The highest BCUT2D eigenvalue weighted by atomic mass is 32.1. The van der Waals surface area contributed by atoms with E-state index in [1.54, 1.807) is 6.07 Å². The quantitative estimate of drug-likeness (QED) is 0.159. The van der Waals surface area contributed by atoms with E-state index in [9.17, 15) is 9.59 Å². The average Bonchev–Trinajstić information content (AvgIpc) is 3.41. The van der Waals surface area contributed by atoms with Crippen LogP contribution in [0.2, 0.25) is 0 Å². The third-order valence-electron chi connectivity index (χ3n) is 4.29. The number of esters is 1. The van der Waals surface area contributed by atoms with E-state index in [1.165, 1.54) is 29.8 Å². The van der Waals surface area contributed by atoms with Crippen LogP contribution in [0.15, 0.2) is 35.7 Å². The van der Waals surface area contributed by atoms with Crippen molar-refractivity contribution in [2.75, 3.05) is 13.7 Å². The monoisotopic (exact) mass is 487 g/mol. The van der Waals surface area contributed by atoms with Gasteiger partial charge >= 0.3 is 5.97 Å². The van der Waals surface area contributed by atoms with Crippen LogP contribution in [0.25, 0.3) is 21.8 Å². The fraction of sp³-hybridized carbons (Fsp3) is 0.304. The number of thiazole rings is 1. The van der Waals surface area contributed by atoms with Crippen molar-refractivity contribution >= 4 is 40.9 Å². The number of carbonyl (C=O) groups excluding carboxylic acids is 2. The second-order valence-electron chi connectivity index (χ2n) is 7.99. The molecule has 174 valence electrons. The molecule has 1 N–H and O–H groups in total. The second-order valence-corrected chi connectivity index (χ2v) is 10.1. The summed E-state index contributed by atoms with van der Waals surface area (Å²) in [4.78, 5) is 34.7. The summed E-state index contributed by atoms with van der Waals surface area (Å²) in [6.07, 6.45) is 0.499. The first-order valence-electron chi connectivity index (χ1n) is 10.00. The molecule has 0 fully saturated rings. The Morgan fingerprint density at radius 3 is 2.70 bits per heavy atom. The third-order valence-corrected chi connectivity index (χ3v) is 6.22. The number of nitrogens with zero attached hydrogens (tertiary/aromatic N) is 2. The number of benzene rings is 1. The van der Waals surface area contributed by atoms with Crippen LogP contribution in [0, 0.1) is 12.3 Å². The molecular weight excluding hydrogens is 462 g/mol. The molecule has 1 aromatic carbocycles. The molecule has 0 bridgehead atoms. The molecule has 0 saturated carbocycles. The number of carbonyl (C=O) groups is 2. The standard InChI is InChI=1S/C23H25N3O5S2/c1-14-17(10-19(33-14)21(24)26(13-27)31-23(2,3)4)22-25-18(12-32-22)15-7-6-8-16(9-15)30-11-20(28)29-5/h6-10,12-13,24H,11H2,1-5H3. The summed E-state index contributed by atoms with van der Waals surface area (Å²) >= 11 is 2.89.